The number of thioether (sulfide) groups is 1. The maximum absolute atomic E-state index is 13.1. The highest BCUT2D eigenvalue weighted by molar-refractivity contribution is 8.18. The lowest BCUT2D eigenvalue weighted by Gasteiger charge is -2.29. The molecule has 0 unspecified atom stereocenters. The van der Waals surface area contributed by atoms with Gasteiger partial charge in [-0.25, -0.2) is 0 Å². The number of amides is 3. The minimum Gasteiger partial charge on any atom is -0.497 e. The first-order valence-electron chi connectivity index (χ1n) is 11.8. The highest BCUT2D eigenvalue weighted by atomic mass is 32.2. The van der Waals surface area contributed by atoms with Crippen molar-refractivity contribution in [2.24, 2.45) is 0 Å². The Balaban J connectivity index is 1.33. The van der Waals surface area contributed by atoms with Crippen molar-refractivity contribution in [3.05, 3.63) is 87.6 Å². The average Bonchev–Trinajstić information content (AvgIpc) is 3.32. The number of carbonyl (C=O) groups excluding carboxylic acids is 3. The van der Waals surface area contributed by atoms with Crippen LogP contribution in [-0.2, 0) is 22.6 Å². The van der Waals surface area contributed by atoms with Crippen LogP contribution in [0.2, 0.25) is 0 Å². The van der Waals surface area contributed by atoms with Crippen molar-refractivity contribution in [2.45, 2.75) is 26.8 Å². The topological polar surface area (TPSA) is 71.8 Å². The van der Waals surface area contributed by atoms with E-state index in [2.05, 4.69) is 10.6 Å². The molecule has 1 aromatic heterocycles. The summed E-state index contributed by atoms with van der Waals surface area (Å²) in [5.74, 6) is 0.107. The molecule has 8 heteroatoms. The van der Waals surface area contributed by atoms with Crippen molar-refractivity contribution in [2.75, 3.05) is 20.2 Å². The van der Waals surface area contributed by atoms with Crippen molar-refractivity contribution < 1.29 is 19.1 Å². The highest BCUT2D eigenvalue weighted by Gasteiger charge is 2.37. The molecule has 36 heavy (non-hydrogen) atoms. The molecule has 1 fully saturated rings. The number of fused-ring (bicyclic) bond motifs is 1. The van der Waals surface area contributed by atoms with Gasteiger partial charge in [0, 0.05) is 36.2 Å². The molecule has 3 amide bonds. The summed E-state index contributed by atoms with van der Waals surface area (Å²) in [6, 6.07) is 17.8. The van der Waals surface area contributed by atoms with E-state index in [0.717, 1.165) is 57.0 Å². The van der Waals surface area contributed by atoms with Crippen molar-refractivity contribution in [1.29, 1.82) is 0 Å². The molecule has 0 aliphatic carbocycles. The van der Waals surface area contributed by atoms with Gasteiger partial charge in [-0.3, -0.25) is 19.3 Å². The molecule has 2 aromatic carbocycles. The van der Waals surface area contributed by atoms with Crippen LogP contribution in [0, 0.1) is 13.8 Å². The van der Waals surface area contributed by atoms with Crippen molar-refractivity contribution in [1.82, 2.24) is 14.4 Å². The zero-order valence-corrected chi connectivity index (χ0v) is 21.3. The zero-order valence-electron chi connectivity index (χ0n) is 20.5. The van der Waals surface area contributed by atoms with Gasteiger partial charge in [-0.05, 0) is 73.0 Å². The van der Waals surface area contributed by atoms with Gasteiger partial charge in [0.2, 0.25) is 5.91 Å². The fraction of sp³-hybridized carbons (Fsp3) is 0.250. The minimum atomic E-state index is -0.429. The van der Waals surface area contributed by atoms with Crippen LogP contribution in [-0.4, -0.2) is 51.6 Å². The maximum atomic E-state index is 13.1. The molecule has 0 bridgehead atoms. The van der Waals surface area contributed by atoms with Gasteiger partial charge in [-0.2, -0.15) is 0 Å². The molecule has 184 valence electrons. The number of aryl methyl sites for hydroxylation is 1. The average molecular weight is 502 g/mol. The predicted octanol–water partition coefficient (Wildman–Crippen LogP) is 4.72. The Bertz CT molecular complexity index is 1410. The molecule has 0 N–H and O–H groups in total. The van der Waals surface area contributed by atoms with Gasteiger partial charge in [0.25, 0.3) is 11.1 Å². The molecular weight excluding hydrogens is 474 g/mol. The molecule has 0 saturated carbocycles. The quantitative estimate of drug-likeness (QED) is 0.473. The fourth-order valence-corrected chi connectivity index (χ4v) is 5.63. The molecule has 3 heterocycles. The van der Waals surface area contributed by atoms with E-state index in [4.69, 9.17) is 4.74 Å². The summed E-state index contributed by atoms with van der Waals surface area (Å²) >= 11 is 0.878. The lowest BCUT2D eigenvalue weighted by Crippen LogP contribution is -2.44. The van der Waals surface area contributed by atoms with Crippen LogP contribution >= 0.6 is 11.8 Å². The predicted molar refractivity (Wildman–Crippen MR) is 140 cm³/mol. The number of hydrogen-bond acceptors (Lipinski definition) is 5. The molecule has 0 radical (unpaired) electrons. The van der Waals surface area contributed by atoms with Gasteiger partial charge >= 0.3 is 0 Å². The first kappa shape index (κ1) is 23.9. The number of imide groups is 1. The largest absolute Gasteiger partial charge is 0.497 e. The SMILES string of the molecule is COc1cccc(-n2c(C)cc(/C=C3/SC(=O)N(CC(=O)N4CCc5ccccc5C4)C3=O)c2C)c1. The minimum absolute atomic E-state index is 0.218. The summed E-state index contributed by atoms with van der Waals surface area (Å²) in [7, 11) is 1.63. The Morgan fingerprint density at radius 3 is 2.61 bits per heavy atom. The van der Waals surface area contributed by atoms with E-state index in [0.29, 0.717) is 18.0 Å². The third-order valence-corrected chi connectivity index (χ3v) is 7.63. The monoisotopic (exact) mass is 501 g/mol. The number of hydrogen-bond donors (Lipinski definition) is 0. The van der Waals surface area contributed by atoms with E-state index in [9.17, 15) is 14.4 Å². The normalized spacial score (nSPS) is 16.6. The van der Waals surface area contributed by atoms with Crippen molar-refractivity contribution in [3.63, 3.8) is 0 Å². The molecule has 0 spiro atoms. The lowest BCUT2D eigenvalue weighted by molar-refractivity contribution is -0.136. The third-order valence-electron chi connectivity index (χ3n) is 6.72. The first-order chi connectivity index (χ1) is 17.4. The lowest BCUT2D eigenvalue weighted by atomic mass is 10.00. The summed E-state index contributed by atoms with van der Waals surface area (Å²) in [5.41, 5.74) is 6.08. The second kappa shape index (κ2) is 9.70. The molecular formula is C28H27N3O4S. The van der Waals surface area contributed by atoms with Gasteiger partial charge in [0.15, 0.2) is 0 Å². The number of nitrogens with zero attached hydrogens (tertiary/aromatic N) is 3. The van der Waals surface area contributed by atoms with Crippen molar-refractivity contribution >= 4 is 34.9 Å². The first-order valence-corrected chi connectivity index (χ1v) is 12.6. The summed E-state index contributed by atoms with van der Waals surface area (Å²) in [4.78, 5) is 41.9. The van der Waals surface area contributed by atoms with Crippen LogP contribution < -0.4 is 4.74 Å². The molecule has 1 saturated heterocycles. The van der Waals surface area contributed by atoms with Crippen molar-refractivity contribution in [3.8, 4) is 11.4 Å². The van der Waals surface area contributed by atoms with Crippen LogP contribution in [0.3, 0.4) is 0 Å². The Morgan fingerprint density at radius 1 is 1.06 bits per heavy atom. The molecule has 2 aliphatic heterocycles. The van der Waals surface area contributed by atoms with Crippen LogP contribution in [0.1, 0.15) is 28.1 Å². The summed E-state index contributed by atoms with van der Waals surface area (Å²) in [5, 5.41) is -0.418. The third kappa shape index (κ3) is 4.44. The van der Waals surface area contributed by atoms with E-state index in [-0.39, 0.29) is 12.5 Å². The smallest absolute Gasteiger partial charge is 0.294 e. The van der Waals surface area contributed by atoms with Crippen LogP contribution in [0.5, 0.6) is 5.75 Å². The number of aromatic nitrogens is 1. The van der Waals surface area contributed by atoms with Gasteiger partial charge < -0.3 is 14.2 Å². The molecule has 2 aliphatic rings. The Morgan fingerprint density at radius 2 is 1.83 bits per heavy atom. The van der Waals surface area contributed by atoms with Gasteiger partial charge in [-0.1, -0.05) is 30.3 Å². The number of rotatable bonds is 5. The fourth-order valence-electron chi connectivity index (χ4n) is 4.80. The zero-order chi connectivity index (χ0) is 25.4. The summed E-state index contributed by atoms with van der Waals surface area (Å²) in [6.07, 6.45) is 2.51. The summed E-state index contributed by atoms with van der Waals surface area (Å²) in [6.45, 7) is 4.80. The van der Waals surface area contributed by atoms with Gasteiger partial charge in [0.05, 0.1) is 12.0 Å². The molecule has 0 atom stereocenters. The Kier molecular flexibility index (Phi) is 6.45. The van der Waals surface area contributed by atoms with Gasteiger partial charge in [-0.15, -0.1) is 0 Å². The van der Waals surface area contributed by atoms with E-state index in [1.54, 1.807) is 18.1 Å². The molecule has 3 aromatic rings. The number of ether oxygens (including phenoxy) is 1. The molecule has 5 rings (SSSR count). The second-order valence-electron chi connectivity index (χ2n) is 8.97. The number of benzene rings is 2. The highest BCUT2D eigenvalue weighted by Crippen LogP contribution is 2.34. The van der Waals surface area contributed by atoms with Gasteiger partial charge in [0.1, 0.15) is 12.3 Å². The van der Waals surface area contributed by atoms with E-state index < -0.39 is 11.1 Å². The van der Waals surface area contributed by atoms with Crippen LogP contribution in [0.25, 0.3) is 11.8 Å². The second-order valence-corrected chi connectivity index (χ2v) is 9.96. The maximum Gasteiger partial charge on any atom is 0.294 e. The Labute approximate surface area is 214 Å². The number of methoxy groups -OCH3 is 1. The summed E-state index contributed by atoms with van der Waals surface area (Å²) < 4.78 is 7.43. The Hall–Kier alpha value is -3.78. The van der Waals surface area contributed by atoms with E-state index in [1.165, 1.54) is 5.56 Å². The van der Waals surface area contributed by atoms with Crippen LogP contribution in [0.15, 0.2) is 59.5 Å². The standard InChI is InChI=1S/C28H27N3O4S/c1-18-13-22(19(2)31(18)23-9-6-10-24(15-23)35-3)14-25-27(33)30(28(34)36-25)17-26(32)29-12-11-20-7-4-5-8-21(20)16-29/h4-10,13-15H,11-12,16-17H2,1-3H3/b25-14+. The van der Waals surface area contributed by atoms with E-state index in [1.807, 2.05) is 62.4 Å². The van der Waals surface area contributed by atoms with Crippen LogP contribution in [0.4, 0.5) is 4.79 Å². The molecule has 7 nitrogen and oxygen atoms in total. The van der Waals surface area contributed by atoms with E-state index >= 15 is 0 Å². The number of carbonyl (C=O) groups is 3.